The van der Waals surface area contributed by atoms with Gasteiger partial charge in [0, 0.05) is 24.7 Å². The van der Waals surface area contributed by atoms with Crippen LogP contribution in [0.3, 0.4) is 0 Å². The van der Waals surface area contributed by atoms with Crippen LogP contribution in [0.1, 0.15) is 16.8 Å². The van der Waals surface area contributed by atoms with Crippen LogP contribution in [-0.2, 0) is 9.47 Å². The molecule has 0 radical (unpaired) electrons. The summed E-state index contributed by atoms with van der Waals surface area (Å²) in [5.41, 5.74) is 0.0304. The highest BCUT2D eigenvalue weighted by Crippen LogP contribution is 2.19. The molecule has 1 rings (SSSR count). The highest BCUT2D eigenvalue weighted by atomic mass is 79.9. The fourth-order valence-corrected chi connectivity index (χ4v) is 1.95. The van der Waals surface area contributed by atoms with Gasteiger partial charge in [-0.25, -0.2) is 4.39 Å². The van der Waals surface area contributed by atoms with Gasteiger partial charge < -0.3 is 14.8 Å². The molecule has 0 unspecified atom stereocenters. The Balaban J connectivity index is 2.28. The number of ether oxygens (including phenoxy) is 2. The van der Waals surface area contributed by atoms with Crippen LogP contribution in [0.5, 0.6) is 0 Å². The van der Waals surface area contributed by atoms with Gasteiger partial charge in [-0.05, 0) is 34.5 Å². The van der Waals surface area contributed by atoms with Crippen molar-refractivity contribution in [2.24, 2.45) is 0 Å². The van der Waals surface area contributed by atoms with E-state index in [2.05, 4.69) is 21.2 Å². The molecule has 0 fully saturated rings. The number of hydrogen-bond acceptors (Lipinski definition) is 3. The zero-order valence-corrected chi connectivity index (χ0v) is 12.3. The molecule has 0 aliphatic carbocycles. The first-order chi connectivity index (χ1) is 9.16. The molecule has 1 N–H and O–H groups in total. The Bertz CT molecular complexity index is 395. The summed E-state index contributed by atoms with van der Waals surface area (Å²) in [6.45, 7) is 2.05. The molecule has 0 aliphatic rings. The monoisotopic (exact) mass is 333 g/mol. The second-order valence-corrected chi connectivity index (χ2v) is 4.67. The first-order valence-corrected chi connectivity index (χ1v) is 6.75. The minimum absolute atomic E-state index is 0.0304. The van der Waals surface area contributed by atoms with Gasteiger partial charge >= 0.3 is 0 Å². The summed E-state index contributed by atoms with van der Waals surface area (Å²) < 4.78 is 24.0. The van der Waals surface area contributed by atoms with E-state index in [1.54, 1.807) is 19.2 Å². The molecule has 6 heteroatoms. The Morgan fingerprint density at radius 1 is 1.37 bits per heavy atom. The maximum atomic E-state index is 13.5. The van der Waals surface area contributed by atoms with Crippen LogP contribution < -0.4 is 5.32 Å². The predicted octanol–water partition coefficient (Wildman–Crippen LogP) is 2.37. The van der Waals surface area contributed by atoms with E-state index in [4.69, 9.17) is 9.47 Å². The molecule has 1 aromatic carbocycles. The molecule has 0 aromatic heterocycles. The number of halogens is 2. The molecule has 0 heterocycles. The van der Waals surface area contributed by atoms with Crippen LogP contribution in [0.4, 0.5) is 4.39 Å². The van der Waals surface area contributed by atoms with Gasteiger partial charge in [-0.3, -0.25) is 4.79 Å². The van der Waals surface area contributed by atoms with Crippen molar-refractivity contribution in [3.63, 3.8) is 0 Å². The van der Waals surface area contributed by atoms with Crippen molar-refractivity contribution in [1.29, 1.82) is 0 Å². The zero-order chi connectivity index (χ0) is 14.1. The van der Waals surface area contributed by atoms with Crippen molar-refractivity contribution >= 4 is 21.8 Å². The van der Waals surface area contributed by atoms with Crippen molar-refractivity contribution in [1.82, 2.24) is 5.32 Å². The van der Waals surface area contributed by atoms with Crippen LogP contribution in [0.2, 0.25) is 0 Å². The Morgan fingerprint density at radius 3 is 2.84 bits per heavy atom. The molecule has 0 atom stereocenters. The van der Waals surface area contributed by atoms with Gasteiger partial charge in [0.25, 0.3) is 5.91 Å². The van der Waals surface area contributed by atoms with E-state index in [0.717, 1.165) is 0 Å². The molecule has 0 aliphatic heterocycles. The molecule has 4 nitrogen and oxygen atoms in total. The number of hydrogen-bond donors (Lipinski definition) is 1. The first kappa shape index (κ1) is 16.1. The number of benzene rings is 1. The number of methoxy groups -OCH3 is 1. The van der Waals surface area contributed by atoms with E-state index < -0.39 is 11.7 Å². The third-order valence-corrected chi connectivity index (χ3v) is 3.03. The summed E-state index contributed by atoms with van der Waals surface area (Å²) in [4.78, 5) is 11.8. The molecule has 1 amide bonds. The lowest BCUT2D eigenvalue weighted by Gasteiger charge is -2.08. The third-order valence-electron chi connectivity index (χ3n) is 2.37. The van der Waals surface area contributed by atoms with Crippen LogP contribution in [0, 0.1) is 5.82 Å². The number of nitrogens with one attached hydrogen (secondary N) is 1. The zero-order valence-electron chi connectivity index (χ0n) is 10.7. The lowest BCUT2D eigenvalue weighted by atomic mass is 10.2. The molecule has 0 saturated carbocycles. The van der Waals surface area contributed by atoms with Crippen molar-refractivity contribution in [3.8, 4) is 0 Å². The lowest BCUT2D eigenvalue weighted by Crippen LogP contribution is -2.26. The average molecular weight is 334 g/mol. The summed E-state index contributed by atoms with van der Waals surface area (Å²) in [5, 5.41) is 2.65. The van der Waals surface area contributed by atoms with Gasteiger partial charge in [-0.2, -0.15) is 0 Å². The summed E-state index contributed by atoms with van der Waals surface area (Å²) in [7, 11) is 1.61. The van der Waals surface area contributed by atoms with Gasteiger partial charge in [0.1, 0.15) is 5.82 Å². The van der Waals surface area contributed by atoms with Crippen molar-refractivity contribution in [2.75, 3.05) is 33.5 Å². The molecule has 1 aromatic rings. The Morgan fingerprint density at radius 2 is 2.16 bits per heavy atom. The minimum Gasteiger partial charge on any atom is -0.382 e. The van der Waals surface area contributed by atoms with Gasteiger partial charge in [0.15, 0.2) is 0 Å². The van der Waals surface area contributed by atoms with E-state index in [1.807, 2.05) is 0 Å². The molecule has 0 spiro atoms. The number of carbonyl (C=O) groups is 1. The van der Waals surface area contributed by atoms with Gasteiger partial charge in [0.2, 0.25) is 0 Å². The van der Waals surface area contributed by atoms with E-state index >= 15 is 0 Å². The first-order valence-electron chi connectivity index (χ1n) is 5.95. The number of carbonyl (C=O) groups excluding carboxylic acids is 1. The van der Waals surface area contributed by atoms with E-state index in [0.29, 0.717) is 37.3 Å². The maximum Gasteiger partial charge on any atom is 0.255 e. The fraction of sp³-hybridized carbons (Fsp3) is 0.462. The molecular formula is C13H17BrFNO3. The average Bonchev–Trinajstić information content (AvgIpc) is 2.37. The Labute approximate surface area is 120 Å². The van der Waals surface area contributed by atoms with Gasteiger partial charge in [-0.1, -0.05) is 6.07 Å². The van der Waals surface area contributed by atoms with Crippen LogP contribution in [0.25, 0.3) is 0 Å². The van der Waals surface area contributed by atoms with E-state index in [1.165, 1.54) is 6.07 Å². The van der Waals surface area contributed by atoms with Crippen LogP contribution in [-0.4, -0.2) is 39.4 Å². The number of amides is 1. The molecular weight excluding hydrogens is 317 g/mol. The van der Waals surface area contributed by atoms with Gasteiger partial charge in [0.05, 0.1) is 18.8 Å². The second kappa shape index (κ2) is 9.01. The van der Waals surface area contributed by atoms with Crippen molar-refractivity contribution in [3.05, 3.63) is 34.1 Å². The van der Waals surface area contributed by atoms with Crippen LogP contribution in [0.15, 0.2) is 22.7 Å². The second-order valence-electron chi connectivity index (χ2n) is 3.81. The topological polar surface area (TPSA) is 47.6 Å². The lowest BCUT2D eigenvalue weighted by molar-refractivity contribution is 0.0688. The summed E-state index contributed by atoms with van der Waals surface area (Å²) >= 11 is 3.16. The largest absolute Gasteiger partial charge is 0.382 e. The summed E-state index contributed by atoms with van der Waals surface area (Å²) in [5.74, 6) is -0.968. The van der Waals surface area contributed by atoms with Crippen molar-refractivity contribution in [2.45, 2.75) is 6.42 Å². The highest BCUT2D eigenvalue weighted by molar-refractivity contribution is 9.10. The smallest absolute Gasteiger partial charge is 0.255 e. The molecule has 106 valence electrons. The van der Waals surface area contributed by atoms with Crippen molar-refractivity contribution < 1.29 is 18.7 Å². The fourth-order valence-electron chi connectivity index (χ4n) is 1.42. The Kier molecular flexibility index (Phi) is 7.62. The molecule has 19 heavy (non-hydrogen) atoms. The molecule has 0 saturated heterocycles. The standard InChI is InChI=1S/C13H17BrFNO3/c1-18-8-9-19-7-3-6-16-13(17)12-10(14)4-2-5-11(12)15/h2,4-5H,3,6-9H2,1H3,(H,16,17). The van der Waals surface area contributed by atoms with Gasteiger partial charge in [-0.15, -0.1) is 0 Å². The third kappa shape index (κ3) is 5.67. The highest BCUT2D eigenvalue weighted by Gasteiger charge is 2.14. The summed E-state index contributed by atoms with van der Waals surface area (Å²) in [6, 6.07) is 4.43. The predicted molar refractivity (Wildman–Crippen MR) is 73.7 cm³/mol. The molecule has 0 bridgehead atoms. The minimum atomic E-state index is -0.539. The number of rotatable bonds is 8. The van der Waals surface area contributed by atoms with E-state index in [-0.39, 0.29) is 5.56 Å². The Hall–Kier alpha value is -0.980. The normalized spacial score (nSPS) is 10.5. The quantitative estimate of drug-likeness (QED) is 0.743. The SMILES string of the molecule is COCCOCCCNC(=O)c1c(F)cccc1Br. The van der Waals surface area contributed by atoms with E-state index in [9.17, 15) is 9.18 Å². The maximum absolute atomic E-state index is 13.5. The summed E-state index contributed by atoms with van der Waals surface area (Å²) in [6.07, 6.45) is 0.668. The van der Waals surface area contributed by atoms with Crippen LogP contribution >= 0.6 is 15.9 Å².